The van der Waals surface area contributed by atoms with Gasteiger partial charge in [-0.1, -0.05) is 24.3 Å². The van der Waals surface area contributed by atoms with Crippen LogP contribution in [0.3, 0.4) is 0 Å². The van der Waals surface area contributed by atoms with Gasteiger partial charge in [0.15, 0.2) is 0 Å². The summed E-state index contributed by atoms with van der Waals surface area (Å²) >= 11 is 0. The van der Waals surface area contributed by atoms with Crippen LogP contribution in [-0.2, 0) is 4.74 Å². The first kappa shape index (κ1) is 15.5. The molecule has 0 heterocycles. The number of ether oxygens (including phenoxy) is 1. The molecule has 7 atom stereocenters. The minimum absolute atomic E-state index is 0.109. The monoisotopic (exact) mass is 348 g/mol. The molecule has 2 nitrogen and oxygen atoms in total. The fraction of sp³-hybridized carbons (Fsp3) is 0.625. The van der Waals surface area contributed by atoms with Gasteiger partial charge in [0.25, 0.3) is 0 Å². The topological polar surface area (TPSA) is 26.3 Å². The fourth-order valence-electron chi connectivity index (χ4n) is 7.52. The number of benzene rings is 1. The van der Waals surface area contributed by atoms with E-state index in [0.29, 0.717) is 5.92 Å². The Morgan fingerprint density at radius 3 is 2.62 bits per heavy atom. The molecule has 1 aromatic carbocycles. The van der Waals surface area contributed by atoms with Crippen LogP contribution < -0.4 is 0 Å². The molecule has 0 saturated heterocycles. The standard InChI is InChI=1S/C24H28O2/c25-24(26-19-6-1-2-7-19)17-5-3-4-14(10-17)20-12-18-13-21(20)23-16-9-8-15(11-16)22(18)23/h3-5,8-10,15-16,18-23H,1-2,6-7,11-13H2. The predicted molar refractivity (Wildman–Crippen MR) is 101 cm³/mol. The second-order valence-electron chi connectivity index (χ2n) is 9.54. The molecular weight excluding hydrogens is 320 g/mol. The van der Waals surface area contributed by atoms with Crippen molar-refractivity contribution in [2.75, 3.05) is 0 Å². The lowest BCUT2D eigenvalue weighted by Gasteiger charge is -2.37. The van der Waals surface area contributed by atoms with Gasteiger partial charge in [-0.15, -0.1) is 0 Å². The number of hydrogen-bond acceptors (Lipinski definition) is 2. The minimum atomic E-state index is -0.109. The summed E-state index contributed by atoms with van der Waals surface area (Å²) in [5.41, 5.74) is 2.16. The summed E-state index contributed by atoms with van der Waals surface area (Å²) in [7, 11) is 0. The maximum absolute atomic E-state index is 12.6. The summed E-state index contributed by atoms with van der Waals surface area (Å²) in [5, 5.41) is 0. The molecule has 1 aromatic rings. The van der Waals surface area contributed by atoms with Crippen LogP contribution in [-0.4, -0.2) is 12.1 Å². The van der Waals surface area contributed by atoms with Crippen molar-refractivity contribution in [3.8, 4) is 0 Å². The summed E-state index contributed by atoms with van der Waals surface area (Å²) in [4.78, 5) is 12.6. The molecule has 4 bridgehead atoms. The molecule has 0 amide bonds. The highest BCUT2D eigenvalue weighted by molar-refractivity contribution is 5.89. The Hall–Kier alpha value is -1.57. The Labute approximate surface area is 156 Å². The Morgan fingerprint density at radius 2 is 1.77 bits per heavy atom. The van der Waals surface area contributed by atoms with Gasteiger partial charge in [-0.25, -0.2) is 4.79 Å². The van der Waals surface area contributed by atoms with Gasteiger partial charge >= 0.3 is 5.97 Å². The van der Waals surface area contributed by atoms with Crippen LogP contribution >= 0.6 is 0 Å². The van der Waals surface area contributed by atoms with Crippen molar-refractivity contribution in [2.45, 2.75) is 57.0 Å². The highest BCUT2D eigenvalue weighted by Crippen LogP contribution is 2.68. The van der Waals surface area contributed by atoms with Crippen LogP contribution in [0.4, 0.5) is 0 Å². The molecule has 6 rings (SSSR count). The molecule has 0 aromatic heterocycles. The number of carbonyl (C=O) groups is 1. The van der Waals surface area contributed by atoms with Crippen molar-refractivity contribution in [2.24, 2.45) is 35.5 Å². The highest BCUT2D eigenvalue weighted by Gasteiger charge is 2.60. The first-order valence-electron chi connectivity index (χ1n) is 10.8. The fourth-order valence-corrected chi connectivity index (χ4v) is 7.52. The van der Waals surface area contributed by atoms with Gasteiger partial charge in [0.2, 0.25) is 0 Å². The second-order valence-corrected chi connectivity index (χ2v) is 9.54. The smallest absolute Gasteiger partial charge is 0.338 e. The van der Waals surface area contributed by atoms with Gasteiger partial charge < -0.3 is 4.74 Å². The lowest BCUT2D eigenvalue weighted by molar-refractivity contribution is 0.0317. The quantitative estimate of drug-likeness (QED) is 0.418. The van der Waals surface area contributed by atoms with Crippen LogP contribution in [0, 0.1) is 35.5 Å². The summed E-state index contributed by atoms with van der Waals surface area (Å²) in [5.74, 6) is 5.93. The summed E-state index contributed by atoms with van der Waals surface area (Å²) in [6.07, 6.45) is 13.8. The largest absolute Gasteiger partial charge is 0.459 e. The maximum Gasteiger partial charge on any atom is 0.338 e. The summed E-state index contributed by atoms with van der Waals surface area (Å²) in [6, 6.07) is 8.43. The molecule has 2 heteroatoms. The van der Waals surface area contributed by atoms with Crippen LogP contribution in [0.2, 0.25) is 0 Å². The van der Waals surface area contributed by atoms with Crippen molar-refractivity contribution in [3.05, 3.63) is 47.5 Å². The molecule has 26 heavy (non-hydrogen) atoms. The lowest BCUT2D eigenvalue weighted by Crippen LogP contribution is -2.30. The number of fused-ring (bicyclic) bond motifs is 9. The lowest BCUT2D eigenvalue weighted by atomic mass is 9.68. The molecule has 4 saturated carbocycles. The molecule has 0 aliphatic heterocycles. The van der Waals surface area contributed by atoms with E-state index in [-0.39, 0.29) is 12.1 Å². The molecule has 7 unspecified atom stereocenters. The number of carbonyl (C=O) groups excluding carboxylic acids is 1. The number of allylic oxidation sites excluding steroid dienone is 2. The molecule has 5 aliphatic carbocycles. The van der Waals surface area contributed by atoms with Crippen molar-refractivity contribution in [1.82, 2.24) is 0 Å². The molecule has 0 N–H and O–H groups in total. The Kier molecular flexibility index (Phi) is 3.40. The minimum Gasteiger partial charge on any atom is -0.459 e. The first-order valence-corrected chi connectivity index (χ1v) is 10.8. The third-order valence-electron chi connectivity index (χ3n) is 8.40. The molecule has 0 radical (unpaired) electrons. The van der Waals surface area contributed by atoms with Gasteiger partial charge in [0.1, 0.15) is 6.10 Å². The Bertz CT molecular complexity index is 759. The molecule has 0 spiro atoms. The van der Waals surface area contributed by atoms with E-state index in [2.05, 4.69) is 30.4 Å². The zero-order valence-corrected chi connectivity index (χ0v) is 15.3. The highest BCUT2D eigenvalue weighted by atomic mass is 16.5. The average Bonchev–Trinajstić information content (AvgIpc) is 3.47. The second kappa shape index (κ2) is 5.71. The van der Waals surface area contributed by atoms with Crippen LogP contribution in [0.1, 0.15) is 66.8 Å². The van der Waals surface area contributed by atoms with E-state index < -0.39 is 0 Å². The molecule has 5 aliphatic rings. The van der Waals surface area contributed by atoms with E-state index in [1.807, 2.05) is 6.07 Å². The summed E-state index contributed by atoms with van der Waals surface area (Å²) < 4.78 is 5.74. The average molecular weight is 348 g/mol. The predicted octanol–water partition coefficient (Wildman–Crippen LogP) is 5.35. The first-order chi connectivity index (χ1) is 12.8. The van der Waals surface area contributed by atoms with Crippen molar-refractivity contribution in [1.29, 1.82) is 0 Å². The van der Waals surface area contributed by atoms with E-state index in [9.17, 15) is 4.79 Å². The van der Waals surface area contributed by atoms with Gasteiger partial charge in [-0.2, -0.15) is 0 Å². The third kappa shape index (κ3) is 2.20. The number of hydrogen-bond donors (Lipinski definition) is 0. The normalized spacial score (nSPS) is 42.5. The van der Waals surface area contributed by atoms with Crippen molar-refractivity contribution < 1.29 is 9.53 Å². The van der Waals surface area contributed by atoms with E-state index in [1.54, 1.807) is 0 Å². The van der Waals surface area contributed by atoms with Gasteiger partial charge in [-0.05, 0) is 104 Å². The van der Waals surface area contributed by atoms with E-state index in [4.69, 9.17) is 4.74 Å². The third-order valence-corrected chi connectivity index (χ3v) is 8.40. The van der Waals surface area contributed by atoms with Crippen LogP contribution in [0.25, 0.3) is 0 Å². The molecule has 4 fully saturated rings. The van der Waals surface area contributed by atoms with Crippen LogP contribution in [0.5, 0.6) is 0 Å². The van der Waals surface area contributed by atoms with Gasteiger partial charge in [-0.3, -0.25) is 0 Å². The van der Waals surface area contributed by atoms with Crippen molar-refractivity contribution in [3.63, 3.8) is 0 Å². The van der Waals surface area contributed by atoms with E-state index in [0.717, 1.165) is 53.9 Å². The molecule has 136 valence electrons. The maximum atomic E-state index is 12.6. The number of esters is 1. The zero-order valence-electron chi connectivity index (χ0n) is 15.3. The van der Waals surface area contributed by atoms with Crippen LogP contribution in [0.15, 0.2) is 36.4 Å². The SMILES string of the molecule is O=C(OC1CCCC1)c1cccc(C2CC3CC2C2C4C=CC(C4)C32)c1. The molecular formula is C24H28O2. The van der Waals surface area contributed by atoms with E-state index in [1.165, 1.54) is 37.7 Å². The van der Waals surface area contributed by atoms with Gasteiger partial charge in [0, 0.05) is 0 Å². The number of rotatable bonds is 3. The summed E-state index contributed by atoms with van der Waals surface area (Å²) in [6.45, 7) is 0. The zero-order chi connectivity index (χ0) is 17.3. The van der Waals surface area contributed by atoms with E-state index >= 15 is 0 Å². The Morgan fingerprint density at radius 1 is 0.962 bits per heavy atom. The van der Waals surface area contributed by atoms with Gasteiger partial charge in [0.05, 0.1) is 5.56 Å². The van der Waals surface area contributed by atoms with Crippen molar-refractivity contribution >= 4 is 5.97 Å². The Balaban J connectivity index is 1.23.